The second-order valence-electron chi connectivity index (χ2n) is 10.4. The molecule has 5 heterocycles. The molecule has 1 aromatic carbocycles. The number of hydrogen-bond acceptors (Lipinski definition) is 6. The summed E-state index contributed by atoms with van der Waals surface area (Å²) in [6, 6.07) is 9.93. The number of ether oxygens (including phenoxy) is 1. The minimum absolute atomic E-state index is 0.0794. The van der Waals surface area contributed by atoms with Crippen LogP contribution in [0.5, 0.6) is 5.75 Å². The number of amides is 2. The molecule has 2 aliphatic heterocycles. The van der Waals surface area contributed by atoms with Crippen LogP contribution in [0.2, 0.25) is 10.0 Å². The van der Waals surface area contributed by atoms with E-state index in [1.54, 1.807) is 31.4 Å². The first kappa shape index (κ1) is 24.8. The van der Waals surface area contributed by atoms with Crippen LogP contribution in [-0.2, 0) is 0 Å². The van der Waals surface area contributed by atoms with Gasteiger partial charge in [0.15, 0.2) is 0 Å². The molecule has 2 aliphatic rings. The lowest BCUT2D eigenvalue weighted by molar-refractivity contribution is -0.000503. The lowest BCUT2D eigenvalue weighted by Crippen LogP contribution is -2.73. The van der Waals surface area contributed by atoms with Gasteiger partial charge in [-0.25, -0.2) is 9.78 Å². The number of rotatable bonds is 5. The number of urea groups is 1. The lowest BCUT2D eigenvalue weighted by Gasteiger charge is -2.60. The molecule has 0 aliphatic carbocycles. The predicted molar refractivity (Wildman–Crippen MR) is 148 cm³/mol. The number of nitrogens with one attached hydrogen (secondary N) is 1. The highest BCUT2D eigenvalue weighted by molar-refractivity contribution is 6.35. The fraction of sp³-hybridized carbons (Fsp3) is 0.333. The van der Waals surface area contributed by atoms with Crippen molar-refractivity contribution >= 4 is 46.0 Å². The van der Waals surface area contributed by atoms with Crippen LogP contribution < -0.4 is 9.64 Å². The van der Waals surface area contributed by atoms with Crippen molar-refractivity contribution in [2.75, 3.05) is 45.2 Å². The van der Waals surface area contributed by atoms with E-state index < -0.39 is 0 Å². The third-order valence-electron chi connectivity index (χ3n) is 7.25. The van der Waals surface area contributed by atoms with Crippen molar-refractivity contribution in [2.45, 2.75) is 13.0 Å². The van der Waals surface area contributed by atoms with Gasteiger partial charge in [-0.15, -0.1) is 0 Å². The van der Waals surface area contributed by atoms with Gasteiger partial charge in [-0.3, -0.25) is 10.1 Å². The van der Waals surface area contributed by atoms with Crippen molar-refractivity contribution < 1.29 is 9.53 Å². The number of carbonyl (C=O) groups is 1. The van der Waals surface area contributed by atoms with E-state index in [1.165, 1.54) is 0 Å². The van der Waals surface area contributed by atoms with Gasteiger partial charge < -0.3 is 19.4 Å². The third kappa shape index (κ3) is 4.29. The average molecular weight is 552 g/mol. The Labute approximate surface area is 230 Å². The highest BCUT2D eigenvalue weighted by atomic mass is 35.5. The van der Waals surface area contributed by atoms with Gasteiger partial charge in [0.1, 0.15) is 23.4 Å². The number of anilines is 1. The zero-order chi connectivity index (χ0) is 26.6. The maximum Gasteiger partial charge on any atom is 0.319 e. The second kappa shape index (κ2) is 9.32. The number of H-pyrrole nitrogens is 1. The Morgan fingerprint density at radius 3 is 2.47 bits per heavy atom. The Morgan fingerprint density at radius 2 is 1.82 bits per heavy atom. The normalized spacial score (nSPS) is 16.8. The SMILES string of the molecule is CC(Oc1ccc2[nH]nc(-c3ccc(N4CC5(CN(C(=O)N(C)C)C5)C4)nc3)c2c1)c1c(Cl)cncc1Cl. The van der Waals surface area contributed by atoms with E-state index in [0.717, 1.165) is 54.2 Å². The quantitative estimate of drug-likeness (QED) is 0.363. The molecule has 38 heavy (non-hydrogen) atoms. The molecule has 11 heteroatoms. The standard InChI is InChI=1S/C27H27Cl2N7O2/c1-16(24-20(28)10-30-11-21(24)29)38-18-5-6-22-19(8-18)25(33-32-22)17-4-7-23(31-9-17)35-12-27(13-35)14-36(15-27)26(37)34(2)3/h4-11,16H,12-15H2,1-3H3,(H,32,33). The van der Waals surface area contributed by atoms with Crippen LogP contribution in [-0.4, -0.2) is 76.3 Å². The second-order valence-corrected chi connectivity index (χ2v) is 11.2. The Morgan fingerprint density at radius 1 is 1.08 bits per heavy atom. The van der Waals surface area contributed by atoms with E-state index in [-0.39, 0.29) is 17.6 Å². The molecule has 1 spiro atoms. The number of pyridine rings is 2. The molecular weight excluding hydrogens is 525 g/mol. The first-order chi connectivity index (χ1) is 18.2. The zero-order valence-electron chi connectivity index (χ0n) is 21.3. The summed E-state index contributed by atoms with van der Waals surface area (Å²) < 4.78 is 6.19. The zero-order valence-corrected chi connectivity index (χ0v) is 22.8. The minimum Gasteiger partial charge on any atom is -0.486 e. The molecule has 0 saturated carbocycles. The van der Waals surface area contributed by atoms with Crippen molar-refractivity contribution in [3.05, 3.63) is 64.5 Å². The molecule has 3 aromatic heterocycles. The monoisotopic (exact) mass is 551 g/mol. The molecule has 4 aromatic rings. The fourth-order valence-electron chi connectivity index (χ4n) is 5.38. The molecule has 0 bridgehead atoms. The van der Waals surface area contributed by atoms with Gasteiger partial charge >= 0.3 is 6.03 Å². The van der Waals surface area contributed by atoms with Crippen LogP contribution >= 0.6 is 23.2 Å². The number of aromatic amines is 1. The number of likely N-dealkylation sites (tertiary alicyclic amines) is 1. The van der Waals surface area contributed by atoms with Gasteiger partial charge in [0.25, 0.3) is 0 Å². The van der Waals surface area contributed by atoms with E-state index in [4.69, 9.17) is 32.9 Å². The molecule has 2 saturated heterocycles. The first-order valence-electron chi connectivity index (χ1n) is 12.3. The third-order valence-corrected chi connectivity index (χ3v) is 7.85. The molecule has 2 amide bonds. The van der Waals surface area contributed by atoms with Crippen molar-refractivity contribution in [3.8, 4) is 17.0 Å². The molecule has 9 nitrogen and oxygen atoms in total. The van der Waals surface area contributed by atoms with Crippen molar-refractivity contribution in [3.63, 3.8) is 0 Å². The van der Waals surface area contributed by atoms with Crippen LogP contribution in [0.1, 0.15) is 18.6 Å². The highest BCUT2D eigenvalue weighted by Crippen LogP contribution is 2.42. The minimum atomic E-state index is -0.365. The summed E-state index contributed by atoms with van der Waals surface area (Å²) in [6.07, 6.45) is 4.61. The fourth-order valence-corrected chi connectivity index (χ4v) is 6.05. The Hall–Kier alpha value is -3.56. The number of benzene rings is 1. The molecule has 1 unspecified atom stereocenters. The van der Waals surface area contributed by atoms with E-state index in [1.807, 2.05) is 48.4 Å². The van der Waals surface area contributed by atoms with E-state index in [0.29, 0.717) is 21.4 Å². The van der Waals surface area contributed by atoms with Gasteiger partial charge in [0, 0.05) is 80.8 Å². The van der Waals surface area contributed by atoms with Crippen LogP contribution in [0.3, 0.4) is 0 Å². The Balaban J connectivity index is 1.15. The number of carbonyl (C=O) groups excluding carboxylic acids is 1. The number of fused-ring (bicyclic) bond motifs is 1. The Kier molecular flexibility index (Phi) is 6.07. The number of nitrogens with zero attached hydrogens (tertiary/aromatic N) is 6. The lowest BCUT2D eigenvalue weighted by atomic mass is 9.73. The predicted octanol–water partition coefficient (Wildman–Crippen LogP) is 5.27. The summed E-state index contributed by atoms with van der Waals surface area (Å²) in [7, 11) is 3.58. The molecule has 6 rings (SSSR count). The molecule has 196 valence electrons. The van der Waals surface area contributed by atoms with E-state index in [2.05, 4.69) is 20.1 Å². The van der Waals surface area contributed by atoms with Gasteiger partial charge in [0.2, 0.25) is 0 Å². The molecule has 0 radical (unpaired) electrons. The number of aromatic nitrogens is 4. The van der Waals surface area contributed by atoms with Gasteiger partial charge in [-0.2, -0.15) is 5.10 Å². The number of hydrogen-bond donors (Lipinski definition) is 1. The highest BCUT2D eigenvalue weighted by Gasteiger charge is 2.53. The first-order valence-corrected chi connectivity index (χ1v) is 13.1. The Bertz CT molecular complexity index is 1490. The molecular formula is C27H27Cl2N7O2. The van der Waals surface area contributed by atoms with E-state index >= 15 is 0 Å². The summed E-state index contributed by atoms with van der Waals surface area (Å²) in [4.78, 5) is 26.6. The largest absolute Gasteiger partial charge is 0.486 e. The van der Waals surface area contributed by atoms with Crippen molar-refractivity contribution in [2.24, 2.45) is 5.41 Å². The molecule has 1 N–H and O–H groups in total. The van der Waals surface area contributed by atoms with Gasteiger partial charge in [-0.05, 0) is 37.3 Å². The van der Waals surface area contributed by atoms with Crippen LogP contribution in [0.25, 0.3) is 22.2 Å². The van der Waals surface area contributed by atoms with Gasteiger partial charge in [-0.1, -0.05) is 23.2 Å². The summed E-state index contributed by atoms with van der Waals surface area (Å²) >= 11 is 12.6. The molecule has 1 atom stereocenters. The maximum absolute atomic E-state index is 12.1. The summed E-state index contributed by atoms with van der Waals surface area (Å²) in [5.74, 6) is 1.61. The van der Waals surface area contributed by atoms with Crippen LogP contribution in [0, 0.1) is 5.41 Å². The molecule has 2 fully saturated rings. The maximum atomic E-state index is 12.1. The summed E-state index contributed by atoms with van der Waals surface area (Å²) in [5, 5.41) is 9.49. The number of halogens is 2. The van der Waals surface area contributed by atoms with Crippen molar-refractivity contribution in [1.29, 1.82) is 0 Å². The van der Waals surface area contributed by atoms with Crippen molar-refractivity contribution in [1.82, 2.24) is 30.0 Å². The smallest absolute Gasteiger partial charge is 0.319 e. The average Bonchev–Trinajstić information content (AvgIpc) is 3.25. The van der Waals surface area contributed by atoms with Gasteiger partial charge in [0.05, 0.1) is 15.6 Å². The summed E-state index contributed by atoms with van der Waals surface area (Å²) in [6.45, 7) is 5.33. The van der Waals surface area contributed by atoms with E-state index in [9.17, 15) is 4.79 Å². The summed E-state index contributed by atoms with van der Waals surface area (Å²) in [5.41, 5.74) is 3.50. The van der Waals surface area contributed by atoms with Crippen LogP contribution in [0.15, 0.2) is 48.9 Å². The topological polar surface area (TPSA) is 90.5 Å². The van der Waals surface area contributed by atoms with Crippen LogP contribution in [0.4, 0.5) is 10.6 Å².